The van der Waals surface area contributed by atoms with Crippen LogP contribution in [0.3, 0.4) is 0 Å². The van der Waals surface area contributed by atoms with Crippen LogP contribution in [0.15, 0.2) is 18.2 Å². The minimum Gasteiger partial charge on any atom is -0.309 e. The molecule has 3 rings (SSSR count). The van der Waals surface area contributed by atoms with Gasteiger partial charge >= 0.3 is 0 Å². The van der Waals surface area contributed by atoms with Crippen LogP contribution in [0.4, 0.5) is 5.82 Å². The van der Waals surface area contributed by atoms with Crippen molar-refractivity contribution in [1.29, 1.82) is 0 Å². The number of rotatable bonds is 2. The summed E-state index contributed by atoms with van der Waals surface area (Å²) < 4.78 is 0. The molecule has 2 aliphatic rings. The van der Waals surface area contributed by atoms with Crippen LogP contribution in [-0.2, 0) is 4.79 Å². The van der Waals surface area contributed by atoms with Crippen LogP contribution in [-0.4, -0.2) is 23.0 Å². The molecule has 1 aromatic heterocycles. The first-order valence-corrected chi connectivity index (χ1v) is 6.14. The van der Waals surface area contributed by atoms with Gasteiger partial charge in [-0.05, 0) is 30.4 Å². The van der Waals surface area contributed by atoms with E-state index in [0.717, 1.165) is 6.42 Å². The molecule has 18 heavy (non-hydrogen) atoms. The maximum atomic E-state index is 12.0. The summed E-state index contributed by atoms with van der Waals surface area (Å²) in [6.07, 6.45) is 2.09. The molecule has 1 amide bonds. The number of nitrogens with one attached hydrogen (secondary N) is 2. The van der Waals surface area contributed by atoms with Crippen molar-refractivity contribution in [3.63, 3.8) is 0 Å². The van der Waals surface area contributed by atoms with E-state index in [2.05, 4.69) is 22.5 Å². The van der Waals surface area contributed by atoms with Crippen molar-refractivity contribution in [1.82, 2.24) is 10.3 Å². The van der Waals surface area contributed by atoms with E-state index >= 15 is 0 Å². The van der Waals surface area contributed by atoms with Gasteiger partial charge in [-0.3, -0.25) is 4.79 Å². The minimum atomic E-state index is -0.0977. The van der Waals surface area contributed by atoms with Crippen LogP contribution in [0.1, 0.15) is 19.8 Å². The molecule has 0 radical (unpaired) electrons. The van der Waals surface area contributed by atoms with Crippen molar-refractivity contribution in [2.24, 2.45) is 5.41 Å². The van der Waals surface area contributed by atoms with Gasteiger partial charge in [0.2, 0.25) is 5.91 Å². The fourth-order valence-corrected chi connectivity index (χ4v) is 2.68. The number of halogens is 2. The summed E-state index contributed by atoms with van der Waals surface area (Å²) in [5.74, 6) is 0.489. The largest absolute Gasteiger partial charge is 0.309 e. The highest BCUT2D eigenvalue weighted by molar-refractivity contribution is 6.29. The van der Waals surface area contributed by atoms with Crippen molar-refractivity contribution in [2.75, 3.05) is 5.32 Å². The zero-order chi connectivity index (χ0) is 12.0. The topological polar surface area (TPSA) is 54.0 Å². The second-order valence-electron chi connectivity index (χ2n) is 5.17. The van der Waals surface area contributed by atoms with Gasteiger partial charge in [0, 0.05) is 6.04 Å². The first-order valence-electron chi connectivity index (χ1n) is 5.76. The number of carbonyl (C=O) groups excluding carboxylic acids is 1. The van der Waals surface area contributed by atoms with Crippen LogP contribution in [0.2, 0.25) is 5.15 Å². The number of piperidine rings is 1. The second-order valence-corrected chi connectivity index (χ2v) is 5.56. The fourth-order valence-electron chi connectivity index (χ4n) is 2.52. The first-order chi connectivity index (χ1) is 8.07. The second kappa shape index (κ2) is 4.68. The lowest BCUT2D eigenvalue weighted by atomic mass is 10.0. The molecule has 1 aliphatic heterocycles. The maximum absolute atomic E-state index is 12.0. The minimum absolute atomic E-state index is 0. The predicted molar refractivity (Wildman–Crippen MR) is 73.2 cm³/mol. The molecular formula is C12H15Cl2N3O. The van der Waals surface area contributed by atoms with E-state index in [1.165, 1.54) is 6.42 Å². The number of anilines is 1. The van der Waals surface area contributed by atoms with Gasteiger partial charge in [-0.25, -0.2) is 4.98 Å². The Morgan fingerprint density at radius 3 is 2.94 bits per heavy atom. The molecule has 0 spiro atoms. The number of carbonyl (C=O) groups is 1. The lowest BCUT2D eigenvalue weighted by Gasteiger charge is -2.13. The Bertz CT molecular complexity index is 482. The molecule has 0 unspecified atom stereocenters. The molecule has 1 saturated heterocycles. The van der Waals surface area contributed by atoms with Crippen LogP contribution in [0.5, 0.6) is 0 Å². The molecule has 1 saturated carbocycles. The van der Waals surface area contributed by atoms with Gasteiger partial charge in [0.25, 0.3) is 0 Å². The molecule has 1 aliphatic carbocycles. The highest BCUT2D eigenvalue weighted by Crippen LogP contribution is 2.53. The van der Waals surface area contributed by atoms with Crippen molar-refractivity contribution < 1.29 is 4.79 Å². The Labute approximate surface area is 117 Å². The van der Waals surface area contributed by atoms with E-state index in [9.17, 15) is 4.79 Å². The molecule has 6 heteroatoms. The van der Waals surface area contributed by atoms with Crippen LogP contribution in [0.25, 0.3) is 0 Å². The van der Waals surface area contributed by atoms with Gasteiger partial charge < -0.3 is 10.6 Å². The van der Waals surface area contributed by atoms with E-state index < -0.39 is 0 Å². The molecule has 0 aromatic carbocycles. The standard InChI is InChI=1S/C12H14ClN3O.ClH/c1-12-5-7(14-8(12)6-12)11(17)16-10-4-2-3-9(13)15-10;/h2-4,7-8,14H,5-6H2,1H3,(H,15,16,17);1H/t7-,8+,12-;/m0./s1. The Morgan fingerprint density at radius 1 is 1.56 bits per heavy atom. The molecule has 2 N–H and O–H groups in total. The molecule has 3 atom stereocenters. The number of nitrogens with zero attached hydrogens (tertiary/aromatic N) is 1. The third-order valence-electron chi connectivity index (χ3n) is 3.71. The Morgan fingerprint density at radius 2 is 2.33 bits per heavy atom. The normalized spacial score (nSPS) is 32.3. The predicted octanol–water partition coefficient (Wildman–Crippen LogP) is 2.24. The SMILES string of the molecule is C[C@@]12C[C@@H](C(=O)Nc3cccc(Cl)n3)N[C@@H]1C2.Cl. The average Bonchev–Trinajstić information content (AvgIpc) is 2.77. The Kier molecular flexibility index (Phi) is 3.54. The molecule has 2 heterocycles. The molecule has 1 aromatic rings. The zero-order valence-electron chi connectivity index (χ0n) is 9.94. The number of pyridine rings is 1. The van der Waals surface area contributed by atoms with Gasteiger partial charge in [0.05, 0.1) is 6.04 Å². The molecule has 0 bridgehead atoms. The van der Waals surface area contributed by atoms with E-state index in [0.29, 0.717) is 22.4 Å². The molecular weight excluding hydrogens is 273 g/mol. The third-order valence-corrected chi connectivity index (χ3v) is 3.92. The van der Waals surface area contributed by atoms with E-state index in [-0.39, 0.29) is 24.4 Å². The number of hydrogen-bond donors (Lipinski definition) is 2. The summed E-state index contributed by atoms with van der Waals surface area (Å²) in [6, 6.07) is 5.61. The van der Waals surface area contributed by atoms with Crippen LogP contribution >= 0.6 is 24.0 Å². The van der Waals surface area contributed by atoms with Crippen LogP contribution in [0, 0.1) is 5.41 Å². The Balaban J connectivity index is 0.00000120. The summed E-state index contributed by atoms with van der Waals surface area (Å²) >= 11 is 5.76. The smallest absolute Gasteiger partial charge is 0.242 e. The summed E-state index contributed by atoms with van der Waals surface area (Å²) in [5, 5.41) is 6.50. The maximum Gasteiger partial charge on any atom is 0.242 e. The van der Waals surface area contributed by atoms with Crippen LogP contribution < -0.4 is 10.6 Å². The summed E-state index contributed by atoms with van der Waals surface area (Å²) in [7, 11) is 0. The molecule has 2 fully saturated rings. The number of fused-ring (bicyclic) bond motifs is 1. The summed E-state index contributed by atoms with van der Waals surface area (Å²) in [5.41, 5.74) is 0.337. The summed E-state index contributed by atoms with van der Waals surface area (Å²) in [6.45, 7) is 2.22. The number of hydrogen-bond acceptors (Lipinski definition) is 3. The van der Waals surface area contributed by atoms with Crippen molar-refractivity contribution in [2.45, 2.75) is 31.8 Å². The third kappa shape index (κ3) is 2.46. The highest BCUT2D eigenvalue weighted by atomic mass is 35.5. The van der Waals surface area contributed by atoms with Gasteiger partial charge in [0.1, 0.15) is 11.0 Å². The zero-order valence-corrected chi connectivity index (χ0v) is 11.5. The quantitative estimate of drug-likeness (QED) is 0.821. The van der Waals surface area contributed by atoms with Gasteiger partial charge in [0.15, 0.2) is 0 Å². The van der Waals surface area contributed by atoms with E-state index in [1.807, 2.05) is 0 Å². The lowest BCUT2D eigenvalue weighted by molar-refractivity contribution is -0.118. The molecule has 98 valence electrons. The Hall–Kier alpha value is -0.840. The van der Waals surface area contributed by atoms with Gasteiger partial charge in [-0.2, -0.15) is 0 Å². The lowest BCUT2D eigenvalue weighted by Crippen LogP contribution is -2.38. The van der Waals surface area contributed by atoms with E-state index in [4.69, 9.17) is 11.6 Å². The summed E-state index contributed by atoms with van der Waals surface area (Å²) in [4.78, 5) is 16.0. The van der Waals surface area contributed by atoms with Crippen molar-refractivity contribution in [3.05, 3.63) is 23.4 Å². The van der Waals surface area contributed by atoms with Crippen molar-refractivity contribution in [3.8, 4) is 0 Å². The van der Waals surface area contributed by atoms with Crippen molar-refractivity contribution >= 4 is 35.7 Å². The highest BCUT2D eigenvalue weighted by Gasteiger charge is 2.58. The number of amides is 1. The van der Waals surface area contributed by atoms with Gasteiger partial charge in [-0.15, -0.1) is 12.4 Å². The first kappa shape index (κ1) is 13.6. The number of aromatic nitrogens is 1. The monoisotopic (exact) mass is 287 g/mol. The molecule has 4 nitrogen and oxygen atoms in total. The van der Waals surface area contributed by atoms with E-state index in [1.54, 1.807) is 18.2 Å². The fraction of sp³-hybridized carbons (Fsp3) is 0.500. The average molecular weight is 288 g/mol. The van der Waals surface area contributed by atoms with Gasteiger partial charge in [-0.1, -0.05) is 24.6 Å².